The van der Waals surface area contributed by atoms with E-state index in [-0.39, 0.29) is 17.8 Å². The number of aliphatic hydroxyl groups excluding tert-OH is 11. The van der Waals surface area contributed by atoms with E-state index in [0.717, 1.165) is 5.57 Å². The van der Waals surface area contributed by atoms with Crippen molar-refractivity contribution in [1.82, 2.24) is 0 Å². The van der Waals surface area contributed by atoms with Gasteiger partial charge in [-0.2, -0.15) is 0 Å². The Kier molecular flexibility index (Phi) is 18.1. The summed E-state index contributed by atoms with van der Waals surface area (Å²) in [5.74, 6) is -4.50. The minimum atomic E-state index is -2.12. The Morgan fingerprint density at radius 2 is 1.35 bits per heavy atom. The number of aliphatic carboxylic acids is 1. The molecule has 0 spiro atoms. The molecular formula is C56H88O23. The van der Waals surface area contributed by atoms with Crippen molar-refractivity contribution in [3.8, 4) is 0 Å². The molecule has 3 saturated heterocycles. The fraction of sp³-hybridized carbons (Fsp3) is 0.875. The highest BCUT2D eigenvalue weighted by Gasteiger charge is 2.75. The Hall–Kier alpha value is -2.79. The van der Waals surface area contributed by atoms with Gasteiger partial charge in [-0.15, -0.1) is 0 Å². The molecule has 5 aliphatic carbocycles. The van der Waals surface area contributed by atoms with Gasteiger partial charge >= 0.3 is 17.9 Å². The van der Waals surface area contributed by atoms with Crippen LogP contribution in [0.5, 0.6) is 0 Å². The molecule has 3 heterocycles. The summed E-state index contributed by atoms with van der Waals surface area (Å²) in [5.41, 5.74) is -3.68. The monoisotopic (exact) mass is 1130 g/mol. The predicted octanol–water partition coefficient (Wildman–Crippen LogP) is -0.0475. The summed E-state index contributed by atoms with van der Waals surface area (Å²) in [5, 5.41) is 135. The molecule has 79 heavy (non-hydrogen) atoms. The van der Waals surface area contributed by atoms with Crippen molar-refractivity contribution in [1.29, 1.82) is 0 Å². The maximum absolute atomic E-state index is 13.5. The molecule has 12 N–H and O–H groups in total. The molecule has 450 valence electrons. The van der Waals surface area contributed by atoms with Crippen molar-refractivity contribution in [3.05, 3.63) is 23.3 Å². The number of allylic oxidation sites excluding steroid dienone is 2. The Bertz CT molecular complexity index is 2280. The lowest BCUT2D eigenvalue weighted by Crippen LogP contribution is -2.76. The molecule has 0 aromatic rings. The predicted molar refractivity (Wildman–Crippen MR) is 272 cm³/mol. The van der Waals surface area contributed by atoms with E-state index in [1.807, 2.05) is 34.6 Å². The normalized spacial score (nSPS) is 50.0. The van der Waals surface area contributed by atoms with Gasteiger partial charge in [-0.3, -0.25) is 4.79 Å². The third-order valence-corrected chi connectivity index (χ3v) is 21.2. The highest BCUT2D eigenvalue weighted by atomic mass is 16.8. The van der Waals surface area contributed by atoms with Crippen LogP contribution in [-0.2, 0) is 52.3 Å². The van der Waals surface area contributed by atoms with Crippen molar-refractivity contribution in [3.63, 3.8) is 0 Å². The number of aliphatic hydroxyl groups is 11. The summed E-state index contributed by atoms with van der Waals surface area (Å²) in [4.78, 5) is 39.7. The van der Waals surface area contributed by atoms with Gasteiger partial charge in [0.2, 0.25) is 0 Å². The second-order valence-corrected chi connectivity index (χ2v) is 25.6. The molecule has 0 aromatic heterocycles. The average Bonchev–Trinajstić information content (AvgIpc) is 2.00. The molecule has 23 nitrogen and oxygen atoms in total. The molecular weight excluding hydrogens is 1040 g/mol. The van der Waals surface area contributed by atoms with E-state index in [1.165, 1.54) is 0 Å². The molecule has 0 bridgehead atoms. The van der Waals surface area contributed by atoms with Crippen LogP contribution in [0.2, 0.25) is 0 Å². The molecule has 4 saturated carbocycles. The number of fused-ring (bicyclic) bond motifs is 7. The first-order chi connectivity index (χ1) is 37.0. The van der Waals surface area contributed by atoms with Crippen LogP contribution in [0.3, 0.4) is 0 Å². The van der Waals surface area contributed by atoms with Crippen molar-refractivity contribution >= 4 is 17.9 Å². The van der Waals surface area contributed by atoms with E-state index >= 15 is 0 Å². The van der Waals surface area contributed by atoms with Gasteiger partial charge in [0.05, 0.1) is 42.9 Å². The fourth-order valence-electron chi connectivity index (χ4n) is 15.8. The van der Waals surface area contributed by atoms with Gasteiger partial charge in [-0.25, -0.2) is 9.59 Å². The first kappa shape index (κ1) is 62.3. The van der Waals surface area contributed by atoms with Crippen LogP contribution in [0, 0.1) is 56.7 Å². The van der Waals surface area contributed by atoms with E-state index in [1.54, 1.807) is 26.8 Å². The summed E-state index contributed by atoms with van der Waals surface area (Å²) < 4.78 is 48.3. The third-order valence-electron chi connectivity index (χ3n) is 21.2. The smallest absolute Gasteiger partial charge is 0.335 e. The van der Waals surface area contributed by atoms with Crippen LogP contribution in [0.25, 0.3) is 0 Å². The van der Waals surface area contributed by atoms with Gasteiger partial charge in [0.1, 0.15) is 79.9 Å². The van der Waals surface area contributed by atoms with Crippen molar-refractivity contribution < 1.29 is 114 Å². The molecule has 0 aromatic carbocycles. The van der Waals surface area contributed by atoms with Crippen molar-refractivity contribution in [2.75, 3.05) is 19.8 Å². The fourth-order valence-corrected chi connectivity index (χ4v) is 15.8. The lowest BCUT2D eigenvalue weighted by molar-refractivity contribution is -0.384. The zero-order valence-electron chi connectivity index (χ0n) is 46.9. The summed E-state index contributed by atoms with van der Waals surface area (Å²) >= 11 is 0. The first-order valence-corrected chi connectivity index (χ1v) is 28.2. The van der Waals surface area contributed by atoms with E-state index in [0.29, 0.717) is 50.5 Å². The Balaban J connectivity index is 1.12. The molecule has 1 unspecified atom stereocenters. The average molecular weight is 1130 g/mol. The summed E-state index contributed by atoms with van der Waals surface area (Å²) in [6.45, 7) is 17.0. The van der Waals surface area contributed by atoms with Crippen LogP contribution in [0.1, 0.15) is 114 Å². The molecule has 0 amide bonds. The molecule has 3 aliphatic heterocycles. The maximum atomic E-state index is 13.5. The highest BCUT2D eigenvalue weighted by molar-refractivity contribution is 5.87. The summed E-state index contributed by atoms with van der Waals surface area (Å²) in [6.07, 6.45) is -24.8. The number of rotatable bonds is 15. The van der Waals surface area contributed by atoms with Gasteiger partial charge in [0, 0.05) is 16.4 Å². The lowest BCUT2D eigenvalue weighted by atomic mass is 9.33. The van der Waals surface area contributed by atoms with Crippen LogP contribution in [0.15, 0.2) is 23.3 Å². The Morgan fingerprint density at radius 3 is 1.94 bits per heavy atom. The van der Waals surface area contributed by atoms with Gasteiger partial charge < -0.3 is 99.2 Å². The molecule has 28 atom stereocenters. The quantitative estimate of drug-likeness (QED) is 0.0443. The minimum Gasteiger partial charge on any atom is -0.479 e. The van der Waals surface area contributed by atoms with Gasteiger partial charge in [0.15, 0.2) is 25.0 Å². The number of hydrogen-bond acceptors (Lipinski definition) is 22. The number of carboxylic acid groups (broad SMARTS) is 1. The van der Waals surface area contributed by atoms with Crippen molar-refractivity contribution in [2.45, 2.75) is 231 Å². The van der Waals surface area contributed by atoms with Crippen LogP contribution < -0.4 is 0 Å². The molecule has 7 fully saturated rings. The number of ether oxygens (including phenoxy) is 8. The summed E-state index contributed by atoms with van der Waals surface area (Å²) in [7, 11) is 0. The molecule has 0 radical (unpaired) electrons. The second-order valence-electron chi connectivity index (χ2n) is 25.6. The van der Waals surface area contributed by atoms with Gasteiger partial charge in [-0.1, -0.05) is 73.1 Å². The largest absolute Gasteiger partial charge is 0.479 e. The van der Waals surface area contributed by atoms with Crippen LogP contribution in [0.4, 0.5) is 0 Å². The second kappa shape index (κ2) is 23.0. The third kappa shape index (κ3) is 10.1. The van der Waals surface area contributed by atoms with E-state index in [9.17, 15) is 75.7 Å². The zero-order chi connectivity index (χ0) is 58.4. The topological polar surface area (TPSA) is 368 Å². The summed E-state index contributed by atoms with van der Waals surface area (Å²) in [6, 6.07) is 0. The Labute approximate surface area is 460 Å². The standard InChI is InChI=1S/C56H88O23/c1-11-23(3)47(70)72-22-56-28(19-52(6,7)45(44(56)67)79-48(71)24(4)12-2)27-13-14-32-53(8)17-16-29(25(5)26(53)15-18-54(32,9)55(27,10)42(65)43(56)66)73-51-41(78-50-37(63)35(61)33(59)30(20-57)74-50)39(38(64)40(77-51)46(68)69)76-49-36(62)34(60)31(21-58)75-49/h12-13,23,25-26,28-45,49-51,57-67H,11,14-22H2,1-10H3,(H,68,69)/b24-12-/t23?,25-,26-,28-,29-,30+,31-,32+,33+,34-,35-,36+,37+,38-,39-,40-,41+,42-,43+,44-,45-,49-,50-,51+,53-,54+,55-,56-/m0/s1. The number of hydrogen-bond donors (Lipinski definition) is 12. The number of carbonyl (C=O) groups is 3. The van der Waals surface area contributed by atoms with E-state index in [2.05, 4.69) is 19.9 Å². The van der Waals surface area contributed by atoms with Crippen LogP contribution in [-0.4, -0.2) is 216 Å². The molecule has 23 heteroatoms. The zero-order valence-corrected chi connectivity index (χ0v) is 46.9. The molecule has 8 aliphatic rings. The van der Waals surface area contributed by atoms with Crippen LogP contribution >= 0.6 is 0 Å². The lowest BCUT2D eigenvalue weighted by Gasteiger charge is -2.72. The van der Waals surface area contributed by atoms with E-state index in [4.69, 9.17) is 37.9 Å². The highest BCUT2D eigenvalue weighted by Crippen LogP contribution is 2.75. The number of esters is 2. The minimum absolute atomic E-state index is 0.0978. The van der Waals surface area contributed by atoms with Gasteiger partial charge in [0.25, 0.3) is 0 Å². The van der Waals surface area contributed by atoms with Gasteiger partial charge in [-0.05, 0) is 93.3 Å². The Morgan fingerprint density at radius 1 is 0.759 bits per heavy atom. The van der Waals surface area contributed by atoms with Crippen molar-refractivity contribution in [2.24, 2.45) is 56.7 Å². The number of carbonyl (C=O) groups excluding carboxylic acids is 2. The van der Waals surface area contributed by atoms with E-state index < -0.39 is 193 Å². The SMILES string of the molecule is C/C=C(/C)C(=O)O[C@H]1[C@H](O)[C@]2(COC(=O)C(C)CC)[C@H](O)[C@H](O)[C@]3(C)C(=CC[C@@H]4[C@@]5(C)CC[C@H](O[C@@H]6O[C@H](C(=O)O)[C@@H](O)[C@H](O[C@@H]7O[C@@H](CO)[C@H](O)[C@H]7O)[C@H]6O[C@@H]6O[C@H](CO)[C@@H](O)[C@H](O)[C@H]6O)[C@@H](C)[C@@H]5CC[C@]43C)[C@@H]2CC1(C)C. The molecule has 8 rings (SSSR count). The first-order valence-electron chi connectivity index (χ1n) is 28.2. The maximum Gasteiger partial charge on any atom is 0.335 e. The number of carboxylic acids is 1.